The predicted octanol–water partition coefficient (Wildman–Crippen LogP) is 2.34. The molecule has 25 heavy (non-hydrogen) atoms. The fourth-order valence-corrected chi connectivity index (χ4v) is 2.10. The van der Waals surface area contributed by atoms with Gasteiger partial charge in [-0.05, 0) is 11.1 Å². The summed E-state index contributed by atoms with van der Waals surface area (Å²) in [6.07, 6.45) is -0.162. The van der Waals surface area contributed by atoms with E-state index in [0.29, 0.717) is 0 Å². The van der Waals surface area contributed by atoms with Gasteiger partial charge in [0, 0.05) is 6.04 Å². The highest BCUT2D eigenvalue weighted by Gasteiger charge is 2.13. The Kier molecular flexibility index (Phi) is 8.87. The summed E-state index contributed by atoms with van der Waals surface area (Å²) in [5.41, 5.74) is 9.20. The first-order valence-corrected chi connectivity index (χ1v) is 7.62. The first-order chi connectivity index (χ1) is 11.9. The zero-order chi connectivity index (χ0) is 18.7. The number of nitrogens with two attached hydrogens (primary N) is 1. The highest BCUT2D eigenvalue weighted by Crippen LogP contribution is 2.15. The predicted molar refractivity (Wildman–Crippen MR) is 92.0 cm³/mol. The largest absolute Gasteiger partial charge is 0.481 e. The smallest absolute Gasteiger partial charge is 0.305 e. The third kappa shape index (κ3) is 8.07. The van der Waals surface area contributed by atoms with Crippen LogP contribution >= 0.6 is 0 Å². The van der Waals surface area contributed by atoms with Crippen molar-refractivity contribution in [1.82, 2.24) is 5.48 Å². The fourth-order valence-electron chi connectivity index (χ4n) is 2.10. The van der Waals surface area contributed by atoms with Gasteiger partial charge in [-0.25, -0.2) is 0 Å². The van der Waals surface area contributed by atoms with E-state index in [4.69, 9.17) is 21.2 Å². The number of hydroxylamine groups is 1. The number of hydrogen-bond donors (Lipinski definition) is 5. The van der Waals surface area contributed by atoms with Crippen LogP contribution in [0.5, 0.6) is 0 Å². The Hall–Kier alpha value is -2.74. The third-order valence-electron chi connectivity index (χ3n) is 3.36. The monoisotopic (exact) mass is 346 g/mol. The first kappa shape index (κ1) is 20.3. The van der Waals surface area contributed by atoms with Crippen molar-refractivity contribution in [3.05, 3.63) is 71.8 Å². The maximum absolute atomic E-state index is 10.4. The van der Waals surface area contributed by atoms with Crippen LogP contribution in [0.15, 0.2) is 60.7 Å². The molecule has 0 aromatic heterocycles. The summed E-state index contributed by atoms with van der Waals surface area (Å²) < 4.78 is 0. The number of nitrogens with one attached hydrogen (secondary N) is 1. The molecule has 0 fully saturated rings. The van der Waals surface area contributed by atoms with E-state index in [0.717, 1.165) is 11.1 Å². The number of benzene rings is 2. The summed E-state index contributed by atoms with van der Waals surface area (Å²) in [5.74, 6) is -1.82. The van der Waals surface area contributed by atoms with Crippen LogP contribution in [0.4, 0.5) is 0 Å². The molecule has 0 aliphatic carbocycles. The van der Waals surface area contributed by atoms with Gasteiger partial charge in [-0.15, -0.1) is 0 Å². The molecule has 0 spiro atoms. The van der Waals surface area contributed by atoms with Crippen LogP contribution in [0.25, 0.3) is 0 Å². The van der Waals surface area contributed by atoms with Gasteiger partial charge in [0.05, 0.1) is 18.9 Å². The Bertz CT molecular complexity index is 649. The van der Waals surface area contributed by atoms with Crippen LogP contribution in [0.1, 0.15) is 36.1 Å². The topological polar surface area (TPSA) is 133 Å². The molecule has 2 atom stereocenters. The molecule has 2 aromatic carbocycles. The molecule has 0 radical (unpaired) electrons. The second kappa shape index (κ2) is 10.9. The molecule has 0 heterocycles. The fraction of sp³-hybridized carbons (Fsp3) is 0.222. The van der Waals surface area contributed by atoms with Crippen LogP contribution in [0.2, 0.25) is 0 Å². The number of carbonyl (C=O) groups is 2. The Morgan fingerprint density at radius 1 is 0.840 bits per heavy atom. The van der Waals surface area contributed by atoms with Gasteiger partial charge in [-0.2, -0.15) is 5.48 Å². The van der Waals surface area contributed by atoms with Crippen LogP contribution in [0.3, 0.4) is 0 Å². The number of rotatable bonds is 7. The van der Waals surface area contributed by atoms with Gasteiger partial charge in [-0.1, -0.05) is 60.7 Å². The normalized spacial score (nSPS) is 12.4. The minimum Gasteiger partial charge on any atom is -0.481 e. The third-order valence-corrected chi connectivity index (χ3v) is 3.36. The minimum absolute atomic E-state index is 0.0238. The average Bonchev–Trinajstić information content (AvgIpc) is 2.61. The van der Waals surface area contributed by atoms with Gasteiger partial charge in [0.2, 0.25) is 0 Å². The molecule has 2 aromatic rings. The molecule has 0 aliphatic heterocycles. The molecule has 0 amide bonds. The molecular weight excluding hydrogens is 324 g/mol. The van der Waals surface area contributed by atoms with E-state index >= 15 is 0 Å². The molecule has 0 aliphatic rings. The zero-order valence-electron chi connectivity index (χ0n) is 13.6. The highest BCUT2D eigenvalue weighted by molar-refractivity contribution is 5.68. The van der Waals surface area contributed by atoms with E-state index in [-0.39, 0.29) is 12.8 Å². The Balaban J connectivity index is 0.000000251. The molecular formula is C18H22N2O5. The Morgan fingerprint density at radius 3 is 1.68 bits per heavy atom. The summed E-state index contributed by atoms with van der Waals surface area (Å²) in [4.78, 5) is 20.7. The van der Waals surface area contributed by atoms with Crippen molar-refractivity contribution in [2.24, 2.45) is 5.73 Å². The van der Waals surface area contributed by atoms with Gasteiger partial charge in [0.15, 0.2) is 0 Å². The quantitative estimate of drug-likeness (QED) is 0.486. The van der Waals surface area contributed by atoms with E-state index < -0.39 is 24.0 Å². The van der Waals surface area contributed by atoms with Crippen molar-refractivity contribution in [2.75, 3.05) is 0 Å². The number of aliphatic carboxylic acids is 2. The standard InChI is InChI=1S/C9H11NO3.C9H11NO2/c11-9(12)6-8(10-13)7-4-2-1-3-5-7;10-8(6-9(11)12)7-4-2-1-3-5-7/h1-5,8,10,13H,6H2,(H,11,12);1-5,8H,6,10H2,(H,11,12). The summed E-state index contributed by atoms with van der Waals surface area (Å²) in [7, 11) is 0. The number of carboxylic acids is 2. The van der Waals surface area contributed by atoms with Gasteiger partial charge >= 0.3 is 11.9 Å². The van der Waals surface area contributed by atoms with Crippen LogP contribution < -0.4 is 11.2 Å². The summed E-state index contributed by atoms with van der Waals surface area (Å²) >= 11 is 0. The van der Waals surface area contributed by atoms with E-state index in [1.54, 1.807) is 24.3 Å². The lowest BCUT2D eigenvalue weighted by molar-refractivity contribution is -0.139. The van der Waals surface area contributed by atoms with Gasteiger partial charge in [-0.3, -0.25) is 9.59 Å². The molecule has 134 valence electrons. The van der Waals surface area contributed by atoms with Crippen LogP contribution in [0, 0.1) is 0 Å². The first-order valence-electron chi connectivity index (χ1n) is 7.62. The van der Waals surface area contributed by atoms with Gasteiger partial charge in [0.1, 0.15) is 0 Å². The number of hydrogen-bond acceptors (Lipinski definition) is 5. The van der Waals surface area contributed by atoms with Crippen LogP contribution in [-0.4, -0.2) is 27.4 Å². The van der Waals surface area contributed by atoms with Crippen molar-refractivity contribution >= 4 is 11.9 Å². The van der Waals surface area contributed by atoms with Gasteiger partial charge in [0.25, 0.3) is 0 Å². The van der Waals surface area contributed by atoms with E-state index in [9.17, 15) is 9.59 Å². The van der Waals surface area contributed by atoms with Crippen molar-refractivity contribution in [3.63, 3.8) is 0 Å². The van der Waals surface area contributed by atoms with E-state index in [1.165, 1.54) is 0 Å². The second-order valence-electron chi connectivity index (χ2n) is 5.31. The molecule has 0 saturated carbocycles. The summed E-state index contributed by atoms with van der Waals surface area (Å²) in [5, 5.41) is 25.7. The SMILES string of the molecule is NC(CC(=O)O)c1ccccc1.O=C(O)CC(NO)c1ccccc1. The second-order valence-corrected chi connectivity index (χ2v) is 5.31. The molecule has 2 unspecified atom stereocenters. The van der Waals surface area contributed by atoms with Crippen molar-refractivity contribution in [1.29, 1.82) is 0 Å². The Labute approximate surface area is 145 Å². The van der Waals surface area contributed by atoms with E-state index in [2.05, 4.69) is 0 Å². The van der Waals surface area contributed by atoms with Crippen LogP contribution in [-0.2, 0) is 9.59 Å². The van der Waals surface area contributed by atoms with E-state index in [1.807, 2.05) is 41.9 Å². The Morgan fingerprint density at radius 2 is 1.28 bits per heavy atom. The number of carboxylic acid groups (broad SMARTS) is 2. The summed E-state index contributed by atoms with van der Waals surface area (Å²) in [6, 6.07) is 17.2. The van der Waals surface area contributed by atoms with Crippen molar-refractivity contribution < 1.29 is 25.0 Å². The molecule has 7 heteroatoms. The summed E-state index contributed by atoms with van der Waals surface area (Å²) in [6.45, 7) is 0. The lowest BCUT2D eigenvalue weighted by atomic mass is 10.1. The lowest BCUT2D eigenvalue weighted by Crippen LogP contribution is -2.20. The lowest BCUT2D eigenvalue weighted by Gasteiger charge is -2.12. The van der Waals surface area contributed by atoms with Gasteiger partial charge < -0.3 is 21.2 Å². The van der Waals surface area contributed by atoms with Crippen molar-refractivity contribution in [3.8, 4) is 0 Å². The molecule has 0 bridgehead atoms. The maximum atomic E-state index is 10.4. The van der Waals surface area contributed by atoms with Crippen molar-refractivity contribution in [2.45, 2.75) is 24.9 Å². The molecule has 2 rings (SSSR count). The maximum Gasteiger partial charge on any atom is 0.305 e. The molecule has 0 saturated heterocycles. The highest BCUT2D eigenvalue weighted by atomic mass is 16.5. The zero-order valence-corrected chi connectivity index (χ0v) is 13.6. The molecule has 6 N–H and O–H groups in total. The molecule has 7 nitrogen and oxygen atoms in total. The minimum atomic E-state index is -0.949. The average molecular weight is 346 g/mol.